The van der Waals surface area contributed by atoms with Crippen molar-refractivity contribution in [2.45, 2.75) is 26.4 Å². The van der Waals surface area contributed by atoms with Gasteiger partial charge in [-0.15, -0.1) is 5.10 Å². The summed E-state index contributed by atoms with van der Waals surface area (Å²) in [5, 5.41) is 8.41. The van der Waals surface area contributed by atoms with Gasteiger partial charge >= 0.3 is 0 Å². The molecule has 3 heterocycles. The van der Waals surface area contributed by atoms with Crippen LogP contribution in [0, 0.1) is 6.92 Å². The van der Waals surface area contributed by atoms with Gasteiger partial charge in [0.15, 0.2) is 5.82 Å². The third-order valence-corrected chi connectivity index (χ3v) is 3.95. The summed E-state index contributed by atoms with van der Waals surface area (Å²) in [5.41, 5.74) is 3.94. The second-order valence-corrected chi connectivity index (χ2v) is 5.48. The van der Waals surface area contributed by atoms with Gasteiger partial charge in [-0.05, 0) is 25.5 Å². The van der Waals surface area contributed by atoms with Crippen molar-refractivity contribution in [2.75, 3.05) is 0 Å². The van der Waals surface area contributed by atoms with Gasteiger partial charge in [-0.3, -0.25) is 0 Å². The number of aryl methyl sites for hydroxylation is 3. The van der Waals surface area contributed by atoms with Crippen LogP contribution in [-0.2, 0) is 13.1 Å². The molecule has 0 aliphatic rings. The van der Waals surface area contributed by atoms with E-state index in [1.807, 2.05) is 48.3 Å². The van der Waals surface area contributed by atoms with E-state index in [4.69, 9.17) is 0 Å². The van der Waals surface area contributed by atoms with Crippen molar-refractivity contribution in [2.24, 2.45) is 0 Å². The molecule has 0 saturated carbocycles. The third-order valence-electron chi connectivity index (χ3n) is 3.95. The SMILES string of the molecule is Cc1[nH]cnc1-c1nccn1CCCn1nnc2ccccc21. The van der Waals surface area contributed by atoms with Crippen molar-refractivity contribution in [3.63, 3.8) is 0 Å². The van der Waals surface area contributed by atoms with Crippen LogP contribution in [0.5, 0.6) is 0 Å². The second kappa shape index (κ2) is 5.68. The zero-order chi connectivity index (χ0) is 15.6. The minimum atomic E-state index is 0.817. The fraction of sp³-hybridized carbons (Fsp3) is 0.250. The Hall–Kier alpha value is -2.96. The molecular formula is C16H17N7. The fourth-order valence-corrected chi connectivity index (χ4v) is 2.76. The zero-order valence-corrected chi connectivity index (χ0v) is 12.8. The number of hydrogen-bond acceptors (Lipinski definition) is 4. The maximum Gasteiger partial charge on any atom is 0.160 e. The average molecular weight is 307 g/mol. The van der Waals surface area contributed by atoms with E-state index in [2.05, 4.69) is 29.8 Å². The molecule has 1 N–H and O–H groups in total. The number of aromatic amines is 1. The van der Waals surface area contributed by atoms with E-state index in [1.54, 1.807) is 6.33 Å². The molecule has 3 aromatic heterocycles. The van der Waals surface area contributed by atoms with E-state index < -0.39 is 0 Å². The van der Waals surface area contributed by atoms with Crippen molar-refractivity contribution in [1.82, 2.24) is 34.5 Å². The maximum atomic E-state index is 4.43. The molecule has 0 fully saturated rings. The predicted octanol–water partition coefficient (Wildman–Crippen LogP) is 2.42. The van der Waals surface area contributed by atoms with E-state index in [0.717, 1.165) is 47.8 Å². The minimum absolute atomic E-state index is 0.817. The molecule has 7 nitrogen and oxygen atoms in total. The van der Waals surface area contributed by atoms with Crippen LogP contribution in [-0.4, -0.2) is 34.5 Å². The molecule has 0 bridgehead atoms. The molecule has 0 spiro atoms. The number of imidazole rings is 2. The molecule has 1 aromatic carbocycles. The third kappa shape index (κ3) is 2.50. The van der Waals surface area contributed by atoms with Gasteiger partial charge in [0.1, 0.15) is 11.2 Å². The van der Waals surface area contributed by atoms with Gasteiger partial charge < -0.3 is 9.55 Å². The van der Waals surface area contributed by atoms with Crippen LogP contribution in [0.1, 0.15) is 12.1 Å². The summed E-state index contributed by atoms with van der Waals surface area (Å²) in [7, 11) is 0. The van der Waals surface area contributed by atoms with Gasteiger partial charge in [-0.1, -0.05) is 17.3 Å². The molecule has 0 aliphatic carbocycles. The molecule has 0 radical (unpaired) electrons. The summed E-state index contributed by atoms with van der Waals surface area (Å²) in [4.78, 5) is 11.9. The Morgan fingerprint density at radius 2 is 2.04 bits per heavy atom. The quantitative estimate of drug-likeness (QED) is 0.614. The first-order chi connectivity index (χ1) is 11.3. The Kier molecular flexibility index (Phi) is 3.38. The van der Waals surface area contributed by atoms with E-state index in [1.165, 1.54) is 0 Å². The summed E-state index contributed by atoms with van der Waals surface area (Å²) in [6.07, 6.45) is 6.45. The molecule has 4 rings (SSSR count). The van der Waals surface area contributed by atoms with Gasteiger partial charge in [-0.2, -0.15) is 0 Å². The highest BCUT2D eigenvalue weighted by molar-refractivity contribution is 5.73. The van der Waals surface area contributed by atoms with Crippen LogP contribution in [0.25, 0.3) is 22.6 Å². The van der Waals surface area contributed by atoms with E-state index in [0.29, 0.717) is 0 Å². The van der Waals surface area contributed by atoms with Crippen LogP contribution in [0.15, 0.2) is 43.0 Å². The number of rotatable bonds is 5. The van der Waals surface area contributed by atoms with Gasteiger partial charge in [0, 0.05) is 31.2 Å². The molecule has 23 heavy (non-hydrogen) atoms. The number of aromatic nitrogens is 7. The zero-order valence-electron chi connectivity index (χ0n) is 12.8. The number of nitrogens with zero attached hydrogens (tertiary/aromatic N) is 6. The van der Waals surface area contributed by atoms with E-state index in [-0.39, 0.29) is 0 Å². The molecule has 0 unspecified atom stereocenters. The molecule has 0 aliphatic heterocycles. The van der Waals surface area contributed by atoms with Crippen molar-refractivity contribution < 1.29 is 0 Å². The standard InChI is InChI=1S/C16H17N7/c1-12-15(19-11-18-12)16-17-7-10-22(16)8-4-9-23-14-6-3-2-5-13(14)20-21-23/h2-3,5-7,10-11H,4,8-9H2,1H3,(H,18,19). The first-order valence-corrected chi connectivity index (χ1v) is 7.62. The largest absolute Gasteiger partial charge is 0.348 e. The number of nitrogens with one attached hydrogen (secondary N) is 1. The summed E-state index contributed by atoms with van der Waals surface area (Å²) in [6.45, 7) is 3.68. The van der Waals surface area contributed by atoms with Crippen LogP contribution in [0.3, 0.4) is 0 Å². The smallest absolute Gasteiger partial charge is 0.160 e. The van der Waals surface area contributed by atoms with Crippen molar-refractivity contribution >= 4 is 11.0 Å². The fourth-order valence-electron chi connectivity index (χ4n) is 2.76. The highest BCUT2D eigenvalue weighted by Gasteiger charge is 2.11. The first-order valence-electron chi connectivity index (χ1n) is 7.62. The molecule has 0 atom stereocenters. The molecular weight excluding hydrogens is 290 g/mol. The van der Waals surface area contributed by atoms with Gasteiger partial charge in [0.2, 0.25) is 0 Å². The van der Waals surface area contributed by atoms with E-state index >= 15 is 0 Å². The Bertz CT molecular complexity index is 931. The highest BCUT2D eigenvalue weighted by atomic mass is 15.4. The molecule has 0 saturated heterocycles. The van der Waals surface area contributed by atoms with Gasteiger partial charge in [0.05, 0.1) is 11.8 Å². The summed E-state index contributed by atoms with van der Waals surface area (Å²) < 4.78 is 4.08. The Morgan fingerprint density at radius 1 is 1.13 bits per heavy atom. The van der Waals surface area contributed by atoms with Crippen LogP contribution >= 0.6 is 0 Å². The number of hydrogen-bond donors (Lipinski definition) is 1. The number of para-hydroxylation sites is 1. The minimum Gasteiger partial charge on any atom is -0.348 e. The Labute approximate surface area is 133 Å². The maximum absolute atomic E-state index is 4.43. The Morgan fingerprint density at radius 3 is 2.91 bits per heavy atom. The average Bonchev–Trinajstić information content (AvgIpc) is 3.27. The summed E-state index contributed by atoms with van der Waals surface area (Å²) >= 11 is 0. The van der Waals surface area contributed by atoms with Crippen molar-refractivity contribution in [3.8, 4) is 11.5 Å². The monoisotopic (exact) mass is 307 g/mol. The predicted molar refractivity (Wildman–Crippen MR) is 86.7 cm³/mol. The molecule has 0 amide bonds. The number of fused-ring (bicyclic) bond motifs is 1. The van der Waals surface area contributed by atoms with Gasteiger partial charge in [0.25, 0.3) is 0 Å². The summed E-state index contributed by atoms with van der Waals surface area (Å²) in [6, 6.07) is 8.01. The Balaban J connectivity index is 1.48. The topological polar surface area (TPSA) is 77.2 Å². The molecule has 116 valence electrons. The lowest BCUT2D eigenvalue weighted by Crippen LogP contribution is -2.06. The lowest BCUT2D eigenvalue weighted by atomic mass is 10.3. The van der Waals surface area contributed by atoms with Crippen molar-refractivity contribution in [1.29, 1.82) is 0 Å². The normalized spacial score (nSPS) is 11.3. The van der Waals surface area contributed by atoms with Gasteiger partial charge in [-0.25, -0.2) is 14.6 Å². The lowest BCUT2D eigenvalue weighted by Gasteiger charge is -2.07. The van der Waals surface area contributed by atoms with Crippen LogP contribution in [0.2, 0.25) is 0 Å². The van der Waals surface area contributed by atoms with Crippen LogP contribution in [0.4, 0.5) is 0 Å². The lowest BCUT2D eigenvalue weighted by molar-refractivity contribution is 0.527. The summed E-state index contributed by atoms with van der Waals surface area (Å²) in [5.74, 6) is 0.896. The molecule has 4 aromatic rings. The molecule has 7 heteroatoms. The number of H-pyrrole nitrogens is 1. The van der Waals surface area contributed by atoms with Crippen molar-refractivity contribution in [3.05, 3.63) is 48.7 Å². The van der Waals surface area contributed by atoms with E-state index in [9.17, 15) is 0 Å². The van der Waals surface area contributed by atoms with Crippen LogP contribution < -0.4 is 0 Å². The second-order valence-electron chi connectivity index (χ2n) is 5.48. The highest BCUT2D eigenvalue weighted by Crippen LogP contribution is 2.18. The number of benzene rings is 1. The first kappa shape index (κ1) is 13.7.